The molecule has 1 heteroatoms. The quantitative estimate of drug-likeness (QED) is 0.173. The second-order valence-corrected chi connectivity index (χ2v) is 17.8. The van der Waals surface area contributed by atoms with E-state index in [0.717, 1.165) is 5.57 Å². The lowest BCUT2D eigenvalue weighted by Crippen LogP contribution is -2.40. The maximum absolute atomic E-state index is 5.02. The van der Waals surface area contributed by atoms with Gasteiger partial charge in [0.2, 0.25) is 0 Å². The Kier molecular flexibility index (Phi) is 6.96. The molecule has 0 unspecified atom stereocenters. The average Bonchev–Trinajstić information content (AvgIpc) is 3.27. The molecule has 0 spiro atoms. The highest BCUT2D eigenvalue weighted by atomic mass is 15.2. The summed E-state index contributed by atoms with van der Waals surface area (Å²) in [5.41, 5.74) is 22.3. The molecule has 9 aromatic rings. The Morgan fingerprint density at radius 3 is 1.07 bits per heavy atom. The molecule has 3 aliphatic heterocycles. The molecule has 1 nitrogen and oxygen atoms in total. The molecule has 0 saturated carbocycles. The summed E-state index contributed by atoms with van der Waals surface area (Å²) in [5.74, 6) is 0. The Balaban J connectivity index is 1.12. The van der Waals surface area contributed by atoms with E-state index in [2.05, 4.69) is 209 Å². The first-order chi connectivity index (χ1) is 28.7. The van der Waals surface area contributed by atoms with Crippen LogP contribution in [0.1, 0.15) is 61.1 Å². The number of nitrogens with zero attached hydrogens (tertiary/aromatic N) is 1. The van der Waals surface area contributed by atoms with E-state index in [0.29, 0.717) is 0 Å². The zero-order valence-corrected chi connectivity index (χ0v) is 33.9. The van der Waals surface area contributed by atoms with Crippen molar-refractivity contribution in [2.45, 2.75) is 38.5 Å². The van der Waals surface area contributed by atoms with Gasteiger partial charge in [0.05, 0.1) is 17.1 Å². The Morgan fingerprint density at radius 2 is 0.678 bits per heavy atom. The average molecular weight is 754 g/mol. The van der Waals surface area contributed by atoms with Crippen molar-refractivity contribution in [2.75, 3.05) is 4.90 Å². The standard InChI is InChI=1S/C58H43N/c1-35-48-31-38(42-29-27-40(36-17-8-6-9-18-36)44-21-12-14-23-46(42)44)33-52-54(48)59-55-49(35)32-39(34-53(55)58(4,5)51-26-16-25-50(56(51)59)57(52,2)3)43-30-28-41(37-19-10-7-11-20-37)45-22-13-15-24-47(43)45/h6-34H,1H2,2-5H3. The zero-order valence-electron chi connectivity index (χ0n) is 33.9. The van der Waals surface area contributed by atoms with Gasteiger partial charge in [-0.3, -0.25) is 0 Å². The second kappa shape index (κ2) is 12.0. The van der Waals surface area contributed by atoms with E-state index in [4.69, 9.17) is 6.58 Å². The van der Waals surface area contributed by atoms with Crippen molar-refractivity contribution in [2.24, 2.45) is 0 Å². The molecule has 0 saturated heterocycles. The fourth-order valence-electron chi connectivity index (χ4n) is 10.9. The monoisotopic (exact) mass is 753 g/mol. The number of anilines is 3. The van der Waals surface area contributed by atoms with E-state index in [1.807, 2.05) is 0 Å². The van der Waals surface area contributed by atoms with Crippen molar-refractivity contribution in [3.8, 4) is 44.5 Å². The van der Waals surface area contributed by atoms with Gasteiger partial charge < -0.3 is 4.90 Å². The molecular weight excluding hydrogens is 711 g/mol. The van der Waals surface area contributed by atoms with Crippen molar-refractivity contribution >= 4 is 44.2 Å². The predicted molar refractivity (Wildman–Crippen MR) is 250 cm³/mol. The summed E-state index contributed by atoms with van der Waals surface area (Å²) in [6.45, 7) is 14.7. The maximum Gasteiger partial charge on any atom is 0.0581 e. The molecular formula is C58H43N. The molecule has 0 aromatic heterocycles. The minimum atomic E-state index is -0.244. The van der Waals surface area contributed by atoms with E-state index in [1.54, 1.807) is 0 Å². The van der Waals surface area contributed by atoms with Crippen LogP contribution in [-0.4, -0.2) is 0 Å². The molecule has 3 heterocycles. The summed E-state index contributed by atoms with van der Waals surface area (Å²) < 4.78 is 0. The topological polar surface area (TPSA) is 3.24 Å². The fourth-order valence-corrected chi connectivity index (χ4v) is 10.9. The molecule has 0 fully saturated rings. The molecule has 280 valence electrons. The molecule has 59 heavy (non-hydrogen) atoms. The highest BCUT2D eigenvalue weighted by molar-refractivity contribution is 6.12. The molecule has 0 N–H and O–H groups in total. The number of hydrogen-bond acceptors (Lipinski definition) is 1. The molecule has 3 aliphatic rings. The van der Waals surface area contributed by atoms with Gasteiger partial charge in [0.15, 0.2) is 0 Å². The van der Waals surface area contributed by atoms with E-state index in [-0.39, 0.29) is 10.8 Å². The van der Waals surface area contributed by atoms with Crippen LogP contribution in [0.3, 0.4) is 0 Å². The van der Waals surface area contributed by atoms with Crippen molar-refractivity contribution in [3.05, 3.63) is 216 Å². The first-order valence-corrected chi connectivity index (χ1v) is 20.9. The number of fused-ring (bicyclic) bond motifs is 2. The van der Waals surface area contributed by atoms with E-state index < -0.39 is 0 Å². The zero-order chi connectivity index (χ0) is 39.8. The lowest BCUT2D eigenvalue weighted by Gasteiger charge is -2.52. The molecule has 0 aliphatic carbocycles. The predicted octanol–water partition coefficient (Wildman–Crippen LogP) is 15.8. The van der Waals surface area contributed by atoms with Gasteiger partial charge in [-0.15, -0.1) is 0 Å². The Morgan fingerprint density at radius 1 is 0.322 bits per heavy atom. The van der Waals surface area contributed by atoms with Gasteiger partial charge in [0, 0.05) is 22.0 Å². The third-order valence-electron chi connectivity index (χ3n) is 13.9. The molecule has 0 bridgehead atoms. The summed E-state index contributed by atoms with van der Waals surface area (Å²) in [7, 11) is 0. The van der Waals surface area contributed by atoms with Crippen LogP contribution in [0.15, 0.2) is 183 Å². The second-order valence-electron chi connectivity index (χ2n) is 17.8. The fraction of sp³-hybridized carbons (Fsp3) is 0.103. The third kappa shape index (κ3) is 4.62. The van der Waals surface area contributed by atoms with Crippen LogP contribution in [0.4, 0.5) is 17.1 Å². The van der Waals surface area contributed by atoms with Gasteiger partial charge >= 0.3 is 0 Å². The summed E-state index contributed by atoms with van der Waals surface area (Å²) in [5, 5.41) is 5.04. The van der Waals surface area contributed by atoms with Crippen molar-refractivity contribution in [3.63, 3.8) is 0 Å². The largest absolute Gasteiger partial charge is 0.308 e. The number of para-hydroxylation sites is 1. The Hall–Kier alpha value is -6.96. The third-order valence-corrected chi connectivity index (χ3v) is 13.9. The molecule has 0 atom stereocenters. The van der Waals surface area contributed by atoms with Crippen LogP contribution in [-0.2, 0) is 10.8 Å². The van der Waals surface area contributed by atoms with Gasteiger partial charge in [-0.2, -0.15) is 0 Å². The van der Waals surface area contributed by atoms with Crippen LogP contribution in [0.2, 0.25) is 0 Å². The summed E-state index contributed by atoms with van der Waals surface area (Å²) in [6.07, 6.45) is 0. The first kappa shape index (κ1) is 34.1. The highest BCUT2D eigenvalue weighted by Gasteiger charge is 2.49. The SMILES string of the molecule is C=C1c2cc(-c3ccc(-c4ccccc4)c4ccccc34)cc3c2N2c4c1cc(-c1ccc(-c5ccccc5)c5ccccc15)cc4C(C)(C)c1cccc(c12)C3(C)C. The van der Waals surface area contributed by atoms with Crippen molar-refractivity contribution in [1.82, 2.24) is 0 Å². The van der Waals surface area contributed by atoms with E-state index >= 15 is 0 Å². The molecule has 12 rings (SSSR count). The van der Waals surface area contributed by atoms with Crippen molar-refractivity contribution < 1.29 is 0 Å². The van der Waals surface area contributed by atoms with Gasteiger partial charge in [-0.25, -0.2) is 0 Å². The normalized spacial score (nSPS) is 15.1. The van der Waals surface area contributed by atoms with Crippen LogP contribution >= 0.6 is 0 Å². The minimum Gasteiger partial charge on any atom is -0.308 e. The van der Waals surface area contributed by atoms with Gasteiger partial charge in [-0.05, 0) is 118 Å². The smallest absolute Gasteiger partial charge is 0.0581 e. The molecule has 0 amide bonds. The van der Waals surface area contributed by atoms with Crippen LogP contribution in [0.25, 0.3) is 71.6 Å². The van der Waals surface area contributed by atoms with Gasteiger partial charge in [-0.1, -0.05) is 186 Å². The summed E-state index contributed by atoms with van der Waals surface area (Å²) in [4.78, 5) is 2.63. The van der Waals surface area contributed by atoms with Crippen LogP contribution < -0.4 is 4.90 Å². The van der Waals surface area contributed by atoms with Crippen molar-refractivity contribution in [1.29, 1.82) is 0 Å². The molecule has 9 aromatic carbocycles. The number of hydrogen-bond donors (Lipinski definition) is 0. The lowest BCUT2D eigenvalue weighted by atomic mass is 9.63. The van der Waals surface area contributed by atoms with Crippen LogP contribution in [0, 0.1) is 0 Å². The van der Waals surface area contributed by atoms with E-state index in [9.17, 15) is 0 Å². The number of benzene rings is 9. The summed E-state index contributed by atoms with van der Waals surface area (Å²) >= 11 is 0. The number of rotatable bonds is 4. The Labute approximate surface area is 346 Å². The molecule has 0 radical (unpaired) electrons. The lowest BCUT2D eigenvalue weighted by molar-refractivity contribution is 0.596. The first-order valence-electron chi connectivity index (χ1n) is 20.9. The highest BCUT2D eigenvalue weighted by Crippen LogP contribution is 2.66. The maximum atomic E-state index is 5.02. The summed E-state index contributed by atoms with van der Waals surface area (Å²) in [6, 6.07) is 65.5. The van der Waals surface area contributed by atoms with E-state index in [1.165, 1.54) is 116 Å². The van der Waals surface area contributed by atoms with Gasteiger partial charge in [0.1, 0.15) is 0 Å². The van der Waals surface area contributed by atoms with Gasteiger partial charge in [0.25, 0.3) is 0 Å². The minimum absolute atomic E-state index is 0.244. The Bertz CT molecular complexity index is 3060. The van der Waals surface area contributed by atoms with Crippen LogP contribution in [0.5, 0.6) is 0 Å².